The monoisotopic (exact) mass is 305 g/mol. The normalized spacial score (nSPS) is 16.3. The molecule has 1 aromatic carbocycles. The Bertz CT molecular complexity index is 484. The lowest BCUT2D eigenvalue weighted by Crippen LogP contribution is -2.43. The Kier molecular flexibility index (Phi) is 5.33. The zero-order chi connectivity index (χ0) is 16.2. The number of carbonyl (C=O) groups excluding carboxylic acids is 1. The Morgan fingerprint density at radius 3 is 2.32 bits per heavy atom. The third-order valence-corrected chi connectivity index (χ3v) is 3.93. The molecule has 0 saturated heterocycles. The van der Waals surface area contributed by atoms with E-state index in [-0.39, 0.29) is 17.9 Å². The van der Waals surface area contributed by atoms with Crippen LogP contribution in [0.2, 0.25) is 0 Å². The molecule has 1 saturated carbocycles. The van der Waals surface area contributed by atoms with E-state index < -0.39 is 5.60 Å². The van der Waals surface area contributed by atoms with Crippen LogP contribution in [0.5, 0.6) is 5.75 Å². The molecule has 1 aliphatic rings. The summed E-state index contributed by atoms with van der Waals surface area (Å²) in [6, 6.07) is 7.27. The van der Waals surface area contributed by atoms with Gasteiger partial charge in [0.25, 0.3) is 0 Å². The number of phenolic OH excluding ortho intramolecular Hbond substituents is 1. The number of nitrogens with zero attached hydrogens (tertiary/aromatic N) is 1. The summed E-state index contributed by atoms with van der Waals surface area (Å²) in [7, 11) is 0. The lowest BCUT2D eigenvalue weighted by molar-refractivity contribution is 0.00989. The van der Waals surface area contributed by atoms with Gasteiger partial charge in [-0.25, -0.2) is 4.79 Å². The second-order valence-electron chi connectivity index (χ2n) is 7.07. The molecule has 2 rings (SSSR count). The van der Waals surface area contributed by atoms with Crippen molar-refractivity contribution in [1.82, 2.24) is 4.90 Å². The van der Waals surface area contributed by atoms with Gasteiger partial charge in [-0.3, -0.25) is 0 Å². The van der Waals surface area contributed by atoms with E-state index in [9.17, 15) is 9.90 Å². The van der Waals surface area contributed by atoms with Gasteiger partial charge >= 0.3 is 6.09 Å². The van der Waals surface area contributed by atoms with Crippen LogP contribution in [0.25, 0.3) is 0 Å². The number of aromatic hydroxyl groups is 1. The van der Waals surface area contributed by atoms with Crippen LogP contribution < -0.4 is 0 Å². The first-order valence-corrected chi connectivity index (χ1v) is 8.13. The van der Waals surface area contributed by atoms with Gasteiger partial charge in [0.1, 0.15) is 11.4 Å². The Morgan fingerprint density at radius 2 is 1.77 bits per heavy atom. The maximum atomic E-state index is 12.6. The van der Waals surface area contributed by atoms with Crippen molar-refractivity contribution >= 4 is 6.09 Å². The highest BCUT2D eigenvalue weighted by atomic mass is 16.6. The molecule has 1 amide bonds. The van der Waals surface area contributed by atoms with E-state index in [4.69, 9.17) is 4.74 Å². The number of rotatable bonds is 3. The summed E-state index contributed by atoms with van der Waals surface area (Å²) in [5.74, 6) is 0.241. The van der Waals surface area contributed by atoms with Gasteiger partial charge in [0.15, 0.2) is 0 Å². The molecule has 1 aromatic rings. The summed E-state index contributed by atoms with van der Waals surface area (Å²) in [5.41, 5.74) is 0.521. The van der Waals surface area contributed by atoms with Gasteiger partial charge in [-0.15, -0.1) is 0 Å². The molecule has 1 N–H and O–H groups in total. The molecular weight excluding hydrogens is 278 g/mol. The summed E-state index contributed by atoms with van der Waals surface area (Å²) in [6.45, 7) is 6.21. The largest absolute Gasteiger partial charge is 0.508 e. The number of ether oxygens (including phenoxy) is 1. The first-order chi connectivity index (χ1) is 10.3. The SMILES string of the molecule is CC(C)(C)OC(=O)N(Cc1ccc(O)cc1)C1CCCCC1. The number of hydrogen-bond donors (Lipinski definition) is 1. The van der Waals surface area contributed by atoms with Crippen LogP contribution >= 0.6 is 0 Å². The molecule has 1 aliphatic carbocycles. The Balaban J connectivity index is 2.13. The summed E-state index contributed by atoms with van der Waals surface area (Å²) in [5, 5.41) is 9.40. The molecule has 4 nitrogen and oxygen atoms in total. The molecule has 0 aliphatic heterocycles. The fraction of sp³-hybridized carbons (Fsp3) is 0.611. The summed E-state index contributed by atoms with van der Waals surface area (Å²) >= 11 is 0. The third-order valence-electron chi connectivity index (χ3n) is 3.93. The minimum absolute atomic E-state index is 0.241. The molecule has 4 heteroatoms. The highest BCUT2D eigenvalue weighted by molar-refractivity contribution is 5.68. The predicted molar refractivity (Wildman–Crippen MR) is 86.8 cm³/mol. The fourth-order valence-corrected chi connectivity index (χ4v) is 2.85. The van der Waals surface area contributed by atoms with Crippen molar-refractivity contribution in [3.63, 3.8) is 0 Å². The Labute approximate surface area is 133 Å². The van der Waals surface area contributed by atoms with Crippen molar-refractivity contribution in [2.75, 3.05) is 0 Å². The lowest BCUT2D eigenvalue weighted by atomic mass is 9.94. The fourth-order valence-electron chi connectivity index (χ4n) is 2.85. The van der Waals surface area contributed by atoms with Crippen molar-refractivity contribution in [2.24, 2.45) is 0 Å². The van der Waals surface area contributed by atoms with Crippen molar-refractivity contribution in [3.8, 4) is 5.75 Å². The molecule has 22 heavy (non-hydrogen) atoms. The molecule has 0 spiro atoms. The van der Waals surface area contributed by atoms with Gasteiger partial charge in [-0.2, -0.15) is 0 Å². The average molecular weight is 305 g/mol. The van der Waals surface area contributed by atoms with E-state index in [1.54, 1.807) is 12.1 Å². The van der Waals surface area contributed by atoms with E-state index in [2.05, 4.69) is 0 Å². The van der Waals surface area contributed by atoms with Gasteiger partial charge in [-0.05, 0) is 51.3 Å². The van der Waals surface area contributed by atoms with Crippen molar-refractivity contribution < 1.29 is 14.6 Å². The van der Waals surface area contributed by atoms with Gasteiger partial charge in [0.2, 0.25) is 0 Å². The Hall–Kier alpha value is -1.71. The number of benzene rings is 1. The van der Waals surface area contributed by atoms with E-state index >= 15 is 0 Å². The first kappa shape index (κ1) is 16.7. The van der Waals surface area contributed by atoms with Gasteiger partial charge in [0, 0.05) is 12.6 Å². The second kappa shape index (κ2) is 7.03. The van der Waals surface area contributed by atoms with Crippen molar-refractivity contribution in [3.05, 3.63) is 29.8 Å². The van der Waals surface area contributed by atoms with Crippen LogP contribution in [0.4, 0.5) is 4.79 Å². The maximum absolute atomic E-state index is 12.6. The van der Waals surface area contributed by atoms with Crippen LogP contribution in [0.1, 0.15) is 58.4 Å². The van der Waals surface area contributed by atoms with Gasteiger partial charge < -0.3 is 14.7 Å². The van der Waals surface area contributed by atoms with Crippen LogP contribution in [-0.4, -0.2) is 27.7 Å². The van der Waals surface area contributed by atoms with Gasteiger partial charge in [0.05, 0.1) is 0 Å². The number of phenols is 1. The topological polar surface area (TPSA) is 49.8 Å². The average Bonchev–Trinajstić information content (AvgIpc) is 2.45. The molecule has 0 heterocycles. The van der Waals surface area contributed by atoms with Crippen LogP contribution in [0.3, 0.4) is 0 Å². The zero-order valence-electron chi connectivity index (χ0n) is 13.8. The molecular formula is C18H27NO3. The molecule has 0 radical (unpaired) electrons. The first-order valence-electron chi connectivity index (χ1n) is 8.13. The second-order valence-corrected chi connectivity index (χ2v) is 7.07. The minimum atomic E-state index is -0.487. The highest BCUT2D eigenvalue weighted by Gasteiger charge is 2.29. The number of carbonyl (C=O) groups is 1. The van der Waals surface area contributed by atoms with Crippen LogP contribution in [0, 0.1) is 0 Å². The Morgan fingerprint density at radius 1 is 1.18 bits per heavy atom. The maximum Gasteiger partial charge on any atom is 0.410 e. The molecule has 0 aromatic heterocycles. The van der Waals surface area contributed by atoms with E-state index in [0.717, 1.165) is 18.4 Å². The van der Waals surface area contributed by atoms with E-state index in [1.807, 2.05) is 37.8 Å². The molecule has 122 valence electrons. The molecule has 0 bridgehead atoms. The van der Waals surface area contributed by atoms with Crippen molar-refractivity contribution in [2.45, 2.75) is 71.1 Å². The lowest BCUT2D eigenvalue weighted by Gasteiger charge is -2.35. The molecule has 1 fully saturated rings. The van der Waals surface area contributed by atoms with Gasteiger partial charge in [-0.1, -0.05) is 31.4 Å². The third kappa shape index (κ3) is 4.93. The predicted octanol–water partition coefficient (Wildman–Crippen LogP) is 4.46. The van der Waals surface area contributed by atoms with Crippen LogP contribution in [-0.2, 0) is 11.3 Å². The summed E-state index contributed by atoms with van der Waals surface area (Å²) in [6.07, 6.45) is 5.42. The number of hydrogen-bond acceptors (Lipinski definition) is 3. The van der Waals surface area contributed by atoms with E-state index in [1.165, 1.54) is 19.3 Å². The van der Waals surface area contributed by atoms with E-state index in [0.29, 0.717) is 6.54 Å². The smallest absolute Gasteiger partial charge is 0.410 e. The number of amides is 1. The molecule has 0 unspecified atom stereocenters. The highest BCUT2D eigenvalue weighted by Crippen LogP contribution is 2.26. The zero-order valence-corrected chi connectivity index (χ0v) is 13.8. The minimum Gasteiger partial charge on any atom is -0.508 e. The quantitative estimate of drug-likeness (QED) is 0.896. The summed E-state index contributed by atoms with van der Waals surface area (Å²) in [4.78, 5) is 14.4. The standard InChI is InChI=1S/C18H27NO3/c1-18(2,3)22-17(21)19(15-7-5-4-6-8-15)13-14-9-11-16(20)12-10-14/h9-12,15,20H,4-8,13H2,1-3H3. The molecule has 0 atom stereocenters. The summed E-state index contributed by atoms with van der Waals surface area (Å²) < 4.78 is 5.59. The van der Waals surface area contributed by atoms with Crippen molar-refractivity contribution in [1.29, 1.82) is 0 Å². The van der Waals surface area contributed by atoms with Crippen LogP contribution in [0.15, 0.2) is 24.3 Å².